The molecule has 3 atom stereocenters. The van der Waals surface area contributed by atoms with Gasteiger partial charge < -0.3 is 9.84 Å². The highest BCUT2D eigenvalue weighted by Crippen LogP contribution is 2.25. The van der Waals surface area contributed by atoms with Crippen LogP contribution in [-0.4, -0.2) is 48.3 Å². The van der Waals surface area contributed by atoms with E-state index >= 15 is 0 Å². The van der Waals surface area contributed by atoms with Gasteiger partial charge in [-0.2, -0.15) is 0 Å². The van der Waals surface area contributed by atoms with Crippen LogP contribution in [0.1, 0.15) is 26.7 Å². The monoisotopic (exact) mass is 215 g/mol. The summed E-state index contributed by atoms with van der Waals surface area (Å²) in [4.78, 5) is 13.3. The molecule has 1 rings (SSSR count). The SMILES string of the molecule is CCN1CCCC1C(OC)C(C)C(=O)O. The van der Waals surface area contributed by atoms with Gasteiger partial charge in [0.05, 0.1) is 12.0 Å². The maximum absolute atomic E-state index is 11.0. The lowest BCUT2D eigenvalue weighted by molar-refractivity contribution is -0.147. The Hall–Kier alpha value is -0.610. The van der Waals surface area contributed by atoms with Crippen molar-refractivity contribution in [3.8, 4) is 0 Å². The summed E-state index contributed by atoms with van der Waals surface area (Å²) < 4.78 is 5.37. The van der Waals surface area contributed by atoms with Gasteiger partial charge >= 0.3 is 5.97 Å². The first kappa shape index (κ1) is 12.5. The number of ether oxygens (including phenoxy) is 1. The Balaban J connectivity index is 2.68. The molecule has 1 heterocycles. The van der Waals surface area contributed by atoms with Crippen molar-refractivity contribution in [3.63, 3.8) is 0 Å². The number of carboxylic acids is 1. The quantitative estimate of drug-likeness (QED) is 0.749. The molecular weight excluding hydrogens is 194 g/mol. The fraction of sp³-hybridized carbons (Fsp3) is 0.909. The Morgan fingerprint density at radius 2 is 2.33 bits per heavy atom. The number of aliphatic carboxylic acids is 1. The first-order valence-corrected chi connectivity index (χ1v) is 5.61. The fourth-order valence-corrected chi connectivity index (χ4v) is 2.45. The van der Waals surface area contributed by atoms with E-state index in [4.69, 9.17) is 9.84 Å². The molecule has 0 saturated carbocycles. The van der Waals surface area contributed by atoms with Crippen LogP contribution < -0.4 is 0 Å². The average molecular weight is 215 g/mol. The van der Waals surface area contributed by atoms with Crippen LogP contribution in [0.4, 0.5) is 0 Å². The average Bonchev–Trinajstić information content (AvgIpc) is 2.66. The molecule has 1 aliphatic rings. The van der Waals surface area contributed by atoms with Gasteiger partial charge in [0.25, 0.3) is 0 Å². The van der Waals surface area contributed by atoms with E-state index in [1.807, 2.05) is 0 Å². The molecule has 4 heteroatoms. The highest BCUT2D eigenvalue weighted by Gasteiger charge is 2.36. The van der Waals surface area contributed by atoms with Crippen molar-refractivity contribution in [3.05, 3.63) is 0 Å². The molecule has 4 nitrogen and oxygen atoms in total. The summed E-state index contributed by atoms with van der Waals surface area (Å²) in [5.74, 6) is -1.21. The minimum absolute atomic E-state index is 0.190. The molecule has 1 aliphatic heterocycles. The van der Waals surface area contributed by atoms with E-state index < -0.39 is 11.9 Å². The van der Waals surface area contributed by atoms with Crippen molar-refractivity contribution in [1.29, 1.82) is 0 Å². The topological polar surface area (TPSA) is 49.8 Å². The van der Waals surface area contributed by atoms with Gasteiger partial charge in [-0.25, -0.2) is 0 Å². The Kier molecular flexibility index (Phi) is 4.54. The van der Waals surface area contributed by atoms with E-state index in [0.29, 0.717) is 0 Å². The molecule has 1 fully saturated rings. The summed E-state index contributed by atoms with van der Waals surface area (Å²) in [7, 11) is 1.61. The standard InChI is InChI=1S/C11H21NO3/c1-4-12-7-5-6-9(12)10(15-3)8(2)11(13)14/h8-10H,4-7H2,1-3H3,(H,13,14). The second-order valence-corrected chi connectivity index (χ2v) is 4.17. The molecule has 0 amide bonds. The second-order valence-electron chi connectivity index (χ2n) is 4.17. The Bertz CT molecular complexity index is 220. The summed E-state index contributed by atoms with van der Waals surface area (Å²) in [6.45, 7) is 5.86. The number of likely N-dealkylation sites (tertiary alicyclic amines) is 1. The van der Waals surface area contributed by atoms with Gasteiger partial charge in [-0.1, -0.05) is 6.92 Å². The van der Waals surface area contributed by atoms with Crippen LogP contribution in [0, 0.1) is 5.92 Å². The second kappa shape index (κ2) is 5.47. The maximum Gasteiger partial charge on any atom is 0.308 e. The van der Waals surface area contributed by atoms with Crippen LogP contribution in [0.25, 0.3) is 0 Å². The third kappa shape index (κ3) is 2.69. The van der Waals surface area contributed by atoms with Crippen LogP contribution in [-0.2, 0) is 9.53 Å². The molecule has 0 aromatic carbocycles. The molecule has 0 spiro atoms. The van der Waals surface area contributed by atoms with Crippen molar-refractivity contribution in [2.45, 2.75) is 38.8 Å². The van der Waals surface area contributed by atoms with Gasteiger partial charge in [0.1, 0.15) is 0 Å². The molecule has 0 aliphatic carbocycles. The molecular formula is C11H21NO3. The van der Waals surface area contributed by atoms with Crippen molar-refractivity contribution >= 4 is 5.97 Å². The molecule has 3 unspecified atom stereocenters. The summed E-state index contributed by atoms with van der Waals surface area (Å²) in [6, 6.07) is 0.270. The Morgan fingerprint density at radius 3 is 2.80 bits per heavy atom. The third-order valence-electron chi connectivity index (χ3n) is 3.35. The summed E-state index contributed by atoms with van der Waals surface area (Å²) in [5.41, 5.74) is 0. The predicted molar refractivity (Wildman–Crippen MR) is 57.9 cm³/mol. The number of methoxy groups -OCH3 is 1. The van der Waals surface area contributed by atoms with Gasteiger partial charge in [-0.15, -0.1) is 0 Å². The summed E-state index contributed by atoms with van der Waals surface area (Å²) in [6.07, 6.45) is 2.00. The van der Waals surface area contributed by atoms with E-state index in [1.165, 1.54) is 0 Å². The number of hydrogen-bond donors (Lipinski definition) is 1. The van der Waals surface area contributed by atoms with Gasteiger partial charge in [-0.3, -0.25) is 9.69 Å². The van der Waals surface area contributed by atoms with Crippen molar-refractivity contribution in [2.75, 3.05) is 20.2 Å². The first-order chi connectivity index (χ1) is 7.11. The largest absolute Gasteiger partial charge is 0.481 e. The van der Waals surface area contributed by atoms with E-state index in [2.05, 4.69) is 11.8 Å². The van der Waals surface area contributed by atoms with Crippen LogP contribution in [0.2, 0.25) is 0 Å². The van der Waals surface area contributed by atoms with E-state index in [9.17, 15) is 4.79 Å². The third-order valence-corrected chi connectivity index (χ3v) is 3.35. The number of carboxylic acid groups (broad SMARTS) is 1. The van der Waals surface area contributed by atoms with Gasteiger partial charge in [-0.05, 0) is 32.9 Å². The molecule has 1 saturated heterocycles. The number of carbonyl (C=O) groups is 1. The minimum Gasteiger partial charge on any atom is -0.481 e. The Labute approximate surface area is 91.2 Å². The zero-order chi connectivity index (χ0) is 11.4. The predicted octanol–water partition coefficient (Wildman–Crippen LogP) is 1.21. The number of rotatable bonds is 5. The lowest BCUT2D eigenvalue weighted by Gasteiger charge is -2.32. The maximum atomic E-state index is 11.0. The number of likely N-dealkylation sites (N-methyl/N-ethyl adjacent to an activating group) is 1. The molecule has 1 N–H and O–H groups in total. The van der Waals surface area contributed by atoms with Crippen molar-refractivity contribution < 1.29 is 14.6 Å². The van der Waals surface area contributed by atoms with Crippen molar-refractivity contribution in [1.82, 2.24) is 4.90 Å². The molecule has 88 valence electrons. The zero-order valence-corrected chi connectivity index (χ0v) is 9.77. The van der Waals surface area contributed by atoms with E-state index in [0.717, 1.165) is 25.9 Å². The number of hydrogen-bond acceptors (Lipinski definition) is 3. The zero-order valence-electron chi connectivity index (χ0n) is 9.77. The van der Waals surface area contributed by atoms with Crippen LogP contribution in [0.3, 0.4) is 0 Å². The molecule has 15 heavy (non-hydrogen) atoms. The van der Waals surface area contributed by atoms with Crippen LogP contribution >= 0.6 is 0 Å². The van der Waals surface area contributed by atoms with E-state index in [1.54, 1.807) is 14.0 Å². The number of nitrogens with zero attached hydrogens (tertiary/aromatic N) is 1. The lowest BCUT2D eigenvalue weighted by Crippen LogP contribution is -2.45. The first-order valence-electron chi connectivity index (χ1n) is 5.61. The van der Waals surface area contributed by atoms with E-state index in [-0.39, 0.29) is 12.1 Å². The highest BCUT2D eigenvalue weighted by molar-refractivity contribution is 5.70. The van der Waals surface area contributed by atoms with Crippen molar-refractivity contribution in [2.24, 2.45) is 5.92 Å². The fourth-order valence-electron chi connectivity index (χ4n) is 2.45. The molecule has 0 radical (unpaired) electrons. The highest BCUT2D eigenvalue weighted by atomic mass is 16.5. The molecule has 0 aromatic heterocycles. The smallest absolute Gasteiger partial charge is 0.308 e. The normalized spacial score (nSPS) is 26.5. The summed E-state index contributed by atoms with van der Waals surface area (Å²) >= 11 is 0. The van der Waals surface area contributed by atoms with Gasteiger partial charge in [0, 0.05) is 13.2 Å². The molecule has 0 aromatic rings. The Morgan fingerprint density at radius 1 is 1.67 bits per heavy atom. The molecule has 0 bridgehead atoms. The van der Waals surface area contributed by atoms with Crippen LogP contribution in [0.15, 0.2) is 0 Å². The lowest BCUT2D eigenvalue weighted by atomic mass is 9.96. The summed E-state index contributed by atoms with van der Waals surface area (Å²) in [5, 5.41) is 9.00. The van der Waals surface area contributed by atoms with Gasteiger partial charge in [0.2, 0.25) is 0 Å². The van der Waals surface area contributed by atoms with Gasteiger partial charge in [0.15, 0.2) is 0 Å². The van der Waals surface area contributed by atoms with Crippen LogP contribution in [0.5, 0.6) is 0 Å². The minimum atomic E-state index is -0.773.